The molecule has 0 saturated carbocycles. The molecular formula is C14H13BrO2. The second-order valence-electron chi connectivity index (χ2n) is 3.78. The molecule has 0 N–H and O–H groups in total. The van der Waals surface area contributed by atoms with Crippen LogP contribution in [0.5, 0.6) is 5.75 Å². The average Bonchev–Trinajstić information content (AvgIpc) is 2.36. The molecule has 0 spiro atoms. The number of carbonyl (C=O) groups excluding carboxylic acids is 1. The van der Waals surface area contributed by atoms with Crippen molar-refractivity contribution in [1.29, 1.82) is 0 Å². The lowest BCUT2D eigenvalue weighted by Crippen LogP contribution is -2.07. The van der Waals surface area contributed by atoms with Gasteiger partial charge < -0.3 is 4.74 Å². The van der Waals surface area contributed by atoms with Crippen molar-refractivity contribution in [1.82, 2.24) is 0 Å². The SMILES string of the molecule is O=C(CCCBr)Oc1ccc2ccccc2c1. The highest BCUT2D eigenvalue weighted by Crippen LogP contribution is 2.20. The number of rotatable bonds is 4. The first kappa shape index (κ1) is 12.1. The highest BCUT2D eigenvalue weighted by molar-refractivity contribution is 9.09. The minimum atomic E-state index is -0.181. The Bertz CT molecular complexity index is 522. The highest BCUT2D eigenvalue weighted by atomic mass is 79.9. The smallest absolute Gasteiger partial charge is 0.311 e. The Morgan fingerprint density at radius 3 is 2.65 bits per heavy atom. The van der Waals surface area contributed by atoms with Crippen molar-refractivity contribution in [3.63, 3.8) is 0 Å². The molecule has 2 rings (SSSR count). The zero-order valence-corrected chi connectivity index (χ0v) is 10.9. The van der Waals surface area contributed by atoms with Crippen LogP contribution in [0.25, 0.3) is 10.8 Å². The van der Waals surface area contributed by atoms with E-state index in [-0.39, 0.29) is 5.97 Å². The van der Waals surface area contributed by atoms with Gasteiger partial charge in [0.2, 0.25) is 0 Å². The Kier molecular flexibility index (Phi) is 4.15. The van der Waals surface area contributed by atoms with E-state index in [1.54, 1.807) is 0 Å². The van der Waals surface area contributed by atoms with Crippen molar-refractivity contribution < 1.29 is 9.53 Å². The summed E-state index contributed by atoms with van der Waals surface area (Å²) >= 11 is 3.29. The Morgan fingerprint density at radius 2 is 1.88 bits per heavy atom. The van der Waals surface area contributed by atoms with Crippen LogP contribution in [-0.2, 0) is 4.79 Å². The van der Waals surface area contributed by atoms with Gasteiger partial charge in [0.15, 0.2) is 0 Å². The molecule has 0 unspecified atom stereocenters. The molecule has 2 nitrogen and oxygen atoms in total. The Hall–Kier alpha value is -1.35. The second-order valence-corrected chi connectivity index (χ2v) is 4.57. The maximum atomic E-state index is 11.5. The van der Waals surface area contributed by atoms with Gasteiger partial charge >= 0.3 is 5.97 Å². The van der Waals surface area contributed by atoms with Crippen LogP contribution >= 0.6 is 15.9 Å². The quantitative estimate of drug-likeness (QED) is 0.485. The van der Waals surface area contributed by atoms with E-state index in [9.17, 15) is 4.79 Å². The van der Waals surface area contributed by atoms with Crippen molar-refractivity contribution in [2.45, 2.75) is 12.8 Å². The monoisotopic (exact) mass is 292 g/mol. The standard InChI is InChI=1S/C14H13BrO2/c15-9-3-6-14(16)17-13-8-7-11-4-1-2-5-12(11)10-13/h1-2,4-5,7-8,10H,3,6,9H2. The molecule has 0 radical (unpaired) electrons. The molecule has 0 aliphatic heterocycles. The fraction of sp³-hybridized carbons (Fsp3) is 0.214. The molecule has 0 aliphatic rings. The average molecular weight is 293 g/mol. The van der Waals surface area contributed by atoms with Crippen LogP contribution in [0, 0.1) is 0 Å². The van der Waals surface area contributed by atoms with Gasteiger partial charge in [0.25, 0.3) is 0 Å². The van der Waals surface area contributed by atoms with E-state index < -0.39 is 0 Å². The zero-order chi connectivity index (χ0) is 12.1. The number of esters is 1. The fourth-order valence-corrected chi connectivity index (χ4v) is 1.90. The first-order valence-electron chi connectivity index (χ1n) is 5.55. The Labute approximate surface area is 109 Å². The van der Waals surface area contributed by atoms with Gasteiger partial charge in [0.05, 0.1) is 0 Å². The maximum Gasteiger partial charge on any atom is 0.311 e. The number of carbonyl (C=O) groups is 1. The van der Waals surface area contributed by atoms with Crippen molar-refractivity contribution in [2.24, 2.45) is 0 Å². The molecule has 0 heterocycles. The van der Waals surface area contributed by atoms with Crippen molar-refractivity contribution in [3.8, 4) is 5.75 Å². The van der Waals surface area contributed by atoms with Crippen LogP contribution in [0.4, 0.5) is 0 Å². The minimum absolute atomic E-state index is 0.181. The largest absolute Gasteiger partial charge is 0.427 e. The van der Waals surface area contributed by atoms with E-state index in [2.05, 4.69) is 15.9 Å². The molecule has 0 amide bonds. The molecule has 2 aromatic rings. The third kappa shape index (κ3) is 3.30. The van der Waals surface area contributed by atoms with Crippen LogP contribution < -0.4 is 4.74 Å². The lowest BCUT2D eigenvalue weighted by molar-refractivity contribution is -0.134. The van der Waals surface area contributed by atoms with Gasteiger partial charge in [0.1, 0.15) is 5.75 Å². The predicted octanol–water partition coefficient (Wildman–Crippen LogP) is 3.92. The van der Waals surface area contributed by atoms with Crippen LogP contribution in [0.3, 0.4) is 0 Å². The number of hydrogen-bond acceptors (Lipinski definition) is 2. The summed E-state index contributed by atoms with van der Waals surface area (Å²) in [5.74, 6) is 0.433. The summed E-state index contributed by atoms with van der Waals surface area (Å²) in [6.07, 6.45) is 1.24. The molecule has 88 valence electrons. The molecule has 0 fully saturated rings. The third-order valence-corrected chi connectivity index (χ3v) is 3.03. The Balaban J connectivity index is 2.11. The summed E-state index contributed by atoms with van der Waals surface area (Å²) in [5.41, 5.74) is 0. The van der Waals surface area contributed by atoms with Gasteiger partial charge in [0, 0.05) is 11.8 Å². The van der Waals surface area contributed by atoms with Gasteiger partial charge in [-0.3, -0.25) is 4.79 Å². The number of halogens is 1. The molecule has 17 heavy (non-hydrogen) atoms. The summed E-state index contributed by atoms with van der Waals surface area (Å²) in [4.78, 5) is 11.5. The van der Waals surface area contributed by atoms with Gasteiger partial charge in [-0.2, -0.15) is 0 Å². The van der Waals surface area contributed by atoms with Crippen molar-refractivity contribution in [2.75, 3.05) is 5.33 Å². The molecule has 2 aromatic carbocycles. The predicted molar refractivity (Wildman–Crippen MR) is 72.6 cm³/mol. The fourth-order valence-electron chi connectivity index (χ4n) is 1.62. The van der Waals surface area contributed by atoms with E-state index >= 15 is 0 Å². The van der Waals surface area contributed by atoms with E-state index in [1.807, 2.05) is 42.5 Å². The molecule has 0 saturated heterocycles. The number of fused-ring (bicyclic) bond motifs is 1. The third-order valence-electron chi connectivity index (χ3n) is 2.47. The van der Waals surface area contributed by atoms with Crippen molar-refractivity contribution in [3.05, 3.63) is 42.5 Å². The number of hydrogen-bond donors (Lipinski definition) is 0. The Morgan fingerprint density at radius 1 is 1.12 bits per heavy atom. The lowest BCUT2D eigenvalue weighted by Gasteiger charge is -2.05. The first-order valence-corrected chi connectivity index (χ1v) is 6.67. The molecular weight excluding hydrogens is 280 g/mol. The summed E-state index contributed by atoms with van der Waals surface area (Å²) in [6, 6.07) is 13.7. The lowest BCUT2D eigenvalue weighted by atomic mass is 10.1. The van der Waals surface area contributed by atoms with Gasteiger partial charge in [-0.15, -0.1) is 0 Å². The maximum absolute atomic E-state index is 11.5. The molecule has 3 heteroatoms. The number of ether oxygens (including phenoxy) is 1. The second kappa shape index (κ2) is 5.82. The van der Waals surface area contributed by atoms with Crippen molar-refractivity contribution >= 4 is 32.7 Å². The summed E-state index contributed by atoms with van der Waals surface area (Å²) in [7, 11) is 0. The van der Waals surface area contributed by atoms with Crippen LogP contribution in [0.2, 0.25) is 0 Å². The molecule has 0 aromatic heterocycles. The summed E-state index contributed by atoms with van der Waals surface area (Å²) in [6.45, 7) is 0. The van der Waals surface area contributed by atoms with Gasteiger partial charge in [-0.25, -0.2) is 0 Å². The van der Waals surface area contributed by atoms with Crippen LogP contribution in [-0.4, -0.2) is 11.3 Å². The van der Waals surface area contributed by atoms with Gasteiger partial charge in [-0.1, -0.05) is 46.3 Å². The topological polar surface area (TPSA) is 26.3 Å². The van der Waals surface area contributed by atoms with Crippen LogP contribution in [0.1, 0.15) is 12.8 Å². The zero-order valence-electron chi connectivity index (χ0n) is 9.36. The molecule has 0 aliphatic carbocycles. The summed E-state index contributed by atoms with van der Waals surface area (Å²) in [5, 5.41) is 3.05. The van der Waals surface area contributed by atoms with E-state index in [0.717, 1.165) is 22.5 Å². The minimum Gasteiger partial charge on any atom is -0.427 e. The number of benzene rings is 2. The van der Waals surface area contributed by atoms with E-state index in [1.165, 1.54) is 0 Å². The normalized spacial score (nSPS) is 10.4. The first-order chi connectivity index (χ1) is 8.29. The molecule has 0 atom stereocenters. The highest BCUT2D eigenvalue weighted by Gasteiger charge is 2.04. The van der Waals surface area contributed by atoms with Gasteiger partial charge in [-0.05, 0) is 29.3 Å². The molecule has 0 bridgehead atoms. The van der Waals surface area contributed by atoms with E-state index in [4.69, 9.17) is 4.74 Å². The number of alkyl halides is 1. The summed E-state index contributed by atoms with van der Waals surface area (Å²) < 4.78 is 5.26. The van der Waals surface area contributed by atoms with E-state index in [0.29, 0.717) is 12.2 Å². The van der Waals surface area contributed by atoms with Crippen LogP contribution in [0.15, 0.2) is 42.5 Å².